The van der Waals surface area contributed by atoms with Crippen LogP contribution in [0.4, 0.5) is 5.82 Å². The van der Waals surface area contributed by atoms with Gasteiger partial charge in [0.25, 0.3) is 0 Å². The van der Waals surface area contributed by atoms with Crippen molar-refractivity contribution in [3.8, 4) is 0 Å². The van der Waals surface area contributed by atoms with Gasteiger partial charge in [0.1, 0.15) is 5.82 Å². The van der Waals surface area contributed by atoms with Gasteiger partial charge >= 0.3 is 5.97 Å². The first kappa shape index (κ1) is 14.7. The number of rotatable bonds is 6. The van der Waals surface area contributed by atoms with Crippen molar-refractivity contribution in [2.45, 2.75) is 0 Å². The molecule has 0 unspecified atom stereocenters. The first-order valence-electron chi connectivity index (χ1n) is 4.87. The molecule has 0 aliphatic carbocycles. The number of nitrogens with one attached hydrogen (secondary N) is 2. The molecule has 18 heavy (non-hydrogen) atoms. The van der Waals surface area contributed by atoms with E-state index in [0.717, 1.165) is 6.26 Å². The van der Waals surface area contributed by atoms with Gasteiger partial charge in [0, 0.05) is 19.3 Å². The molecular formula is C9H12ClN3O4S. The lowest BCUT2D eigenvalue weighted by Gasteiger charge is -2.08. The number of carboxylic acids is 1. The van der Waals surface area contributed by atoms with Crippen molar-refractivity contribution in [3.63, 3.8) is 0 Å². The fourth-order valence-electron chi connectivity index (χ4n) is 1.15. The van der Waals surface area contributed by atoms with Gasteiger partial charge in [0.05, 0.1) is 16.8 Å². The van der Waals surface area contributed by atoms with Gasteiger partial charge in [-0.15, -0.1) is 0 Å². The van der Waals surface area contributed by atoms with E-state index in [1.165, 1.54) is 12.3 Å². The van der Waals surface area contributed by atoms with Gasteiger partial charge in [0.2, 0.25) is 10.0 Å². The highest BCUT2D eigenvalue weighted by molar-refractivity contribution is 7.88. The third-order valence-corrected chi connectivity index (χ3v) is 3.01. The number of aromatic carboxylic acids is 1. The lowest BCUT2D eigenvalue weighted by Crippen LogP contribution is -2.27. The van der Waals surface area contributed by atoms with Crippen molar-refractivity contribution in [1.29, 1.82) is 0 Å². The molecule has 0 fully saturated rings. The molecule has 100 valence electrons. The van der Waals surface area contributed by atoms with E-state index in [0.29, 0.717) is 0 Å². The normalized spacial score (nSPS) is 11.2. The van der Waals surface area contributed by atoms with Crippen LogP contribution in [0.15, 0.2) is 12.3 Å². The minimum Gasteiger partial charge on any atom is -0.478 e. The Bertz CT molecular complexity index is 547. The molecule has 0 saturated heterocycles. The Morgan fingerprint density at radius 1 is 1.50 bits per heavy atom. The highest BCUT2D eigenvalue weighted by Gasteiger charge is 2.12. The number of nitrogens with zero attached hydrogens (tertiary/aromatic N) is 1. The van der Waals surface area contributed by atoms with Crippen molar-refractivity contribution in [3.05, 3.63) is 22.8 Å². The Balaban J connectivity index is 2.63. The van der Waals surface area contributed by atoms with Crippen molar-refractivity contribution in [2.24, 2.45) is 0 Å². The molecule has 0 amide bonds. The predicted octanol–water partition coefficient (Wildman–Crippen LogP) is 0.394. The third-order valence-electron chi connectivity index (χ3n) is 1.90. The summed E-state index contributed by atoms with van der Waals surface area (Å²) in [6, 6.07) is 1.28. The van der Waals surface area contributed by atoms with Crippen LogP contribution < -0.4 is 10.0 Å². The molecule has 0 aliphatic rings. The number of aromatic nitrogens is 1. The van der Waals surface area contributed by atoms with Crippen LogP contribution in [0, 0.1) is 0 Å². The summed E-state index contributed by atoms with van der Waals surface area (Å²) in [5.74, 6) is -0.952. The Kier molecular flexibility index (Phi) is 4.88. The van der Waals surface area contributed by atoms with Crippen molar-refractivity contribution in [1.82, 2.24) is 9.71 Å². The quantitative estimate of drug-likeness (QED) is 0.655. The van der Waals surface area contributed by atoms with Crippen LogP contribution in [-0.2, 0) is 10.0 Å². The number of hydrogen-bond donors (Lipinski definition) is 3. The highest BCUT2D eigenvalue weighted by atomic mass is 35.5. The SMILES string of the molecule is CS(=O)(=O)NCCNc1nccc(C(=O)O)c1Cl. The first-order chi connectivity index (χ1) is 8.31. The average molecular weight is 294 g/mol. The first-order valence-corrected chi connectivity index (χ1v) is 7.14. The summed E-state index contributed by atoms with van der Waals surface area (Å²) in [6.07, 6.45) is 2.35. The number of pyridine rings is 1. The van der Waals surface area contributed by atoms with Gasteiger partial charge in [-0.3, -0.25) is 0 Å². The number of carboxylic acid groups (broad SMARTS) is 1. The van der Waals surface area contributed by atoms with Gasteiger partial charge < -0.3 is 10.4 Å². The fraction of sp³-hybridized carbons (Fsp3) is 0.333. The molecule has 1 aromatic rings. The number of anilines is 1. The van der Waals surface area contributed by atoms with Gasteiger partial charge in [-0.2, -0.15) is 0 Å². The van der Waals surface area contributed by atoms with Crippen LogP contribution in [0.25, 0.3) is 0 Å². The molecule has 1 aromatic heterocycles. The van der Waals surface area contributed by atoms with Gasteiger partial charge in [0.15, 0.2) is 0 Å². The molecule has 0 saturated carbocycles. The maximum absolute atomic E-state index is 10.8. The maximum atomic E-state index is 10.8. The molecule has 1 rings (SSSR count). The van der Waals surface area contributed by atoms with E-state index >= 15 is 0 Å². The van der Waals surface area contributed by atoms with Crippen molar-refractivity contribution < 1.29 is 18.3 Å². The predicted molar refractivity (Wildman–Crippen MR) is 67.5 cm³/mol. The van der Waals surface area contributed by atoms with Crippen LogP contribution in [0.5, 0.6) is 0 Å². The minimum absolute atomic E-state index is 0.00986. The van der Waals surface area contributed by atoms with E-state index in [2.05, 4.69) is 15.0 Å². The van der Waals surface area contributed by atoms with Gasteiger partial charge in [-0.1, -0.05) is 11.6 Å². The minimum atomic E-state index is -3.25. The zero-order valence-electron chi connectivity index (χ0n) is 9.47. The Labute approximate surface area is 109 Å². The summed E-state index contributed by atoms with van der Waals surface area (Å²) in [5, 5.41) is 11.6. The van der Waals surface area contributed by atoms with E-state index < -0.39 is 16.0 Å². The molecule has 3 N–H and O–H groups in total. The molecular weight excluding hydrogens is 282 g/mol. The molecule has 0 aromatic carbocycles. The summed E-state index contributed by atoms with van der Waals surface area (Å²) >= 11 is 5.83. The topological polar surface area (TPSA) is 108 Å². The molecule has 7 nitrogen and oxygen atoms in total. The van der Waals surface area contributed by atoms with Crippen LogP contribution in [0.2, 0.25) is 5.02 Å². The van der Waals surface area contributed by atoms with Crippen molar-refractivity contribution >= 4 is 33.4 Å². The van der Waals surface area contributed by atoms with Crippen LogP contribution in [-0.4, -0.2) is 43.8 Å². The Morgan fingerprint density at radius 3 is 2.72 bits per heavy atom. The Morgan fingerprint density at radius 2 is 2.17 bits per heavy atom. The van der Waals surface area contributed by atoms with E-state index in [9.17, 15) is 13.2 Å². The second-order valence-electron chi connectivity index (χ2n) is 3.42. The summed E-state index contributed by atoms with van der Waals surface area (Å²) in [6.45, 7) is 0.386. The number of sulfonamides is 1. The van der Waals surface area contributed by atoms with E-state index in [-0.39, 0.29) is 29.5 Å². The fourth-order valence-corrected chi connectivity index (χ4v) is 1.88. The molecule has 0 atom stereocenters. The van der Waals surface area contributed by atoms with Crippen molar-refractivity contribution in [2.75, 3.05) is 24.7 Å². The lowest BCUT2D eigenvalue weighted by molar-refractivity contribution is 0.0697. The second-order valence-corrected chi connectivity index (χ2v) is 5.63. The van der Waals surface area contributed by atoms with E-state index in [1.807, 2.05) is 0 Å². The number of carbonyl (C=O) groups is 1. The molecule has 0 bridgehead atoms. The zero-order valence-corrected chi connectivity index (χ0v) is 11.0. The monoisotopic (exact) mass is 293 g/mol. The van der Waals surface area contributed by atoms with Crippen LogP contribution in [0.3, 0.4) is 0 Å². The average Bonchev–Trinajstić information content (AvgIpc) is 2.24. The Hall–Kier alpha value is -1.38. The lowest BCUT2D eigenvalue weighted by atomic mass is 10.2. The standard InChI is InChI=1S/C9H12ClN3O4S/c1-18(16,17)13-5-4-12-8-7(10)6(9(14)15)2-3-11-8/h2-3,13H,4-5H2,1H3,(H,11,12)(H,14,15). The van der Waals surface area contributed by atoms with Gasteiger partial charge in [-0.25, -0.2) is 22.9 Å². The molecule has 0 aliphatic heterocycles. The molecule has 0 radical (unpaired) electrons. The number of halogens is 1. The highest BCUT2D eigenvalue weighted by Crippen LogP contribution is 2.23. The van der Waals surface area contributed by atoms with Crippen LogP contribution >= 0.6 is 11.6 Å². The molecule has 0 spiro atoms. The zero-order chi connectivity index (χ0) is 13.8. The molecule has 9 heteroatoms. The summed E-state index contributed by atoms with van der Waals surface area (Å²) in [7, 11) is -3.25. The summed E-state index contributed by atoms with van der Waals surface area (Å²) < 4.78 is 23.9. The van der Waals surface area contributed by atoms with Crippen LogP contribution in [0.1, 0.15) is 10.4 Å². The largest absolute Gasteiger partial charge is 0.478 e. The number of hydrogen-bond acceptors (Lipinski definition) is 5. The van der Waals surface area contributed by atoms with Gasteiger partial charge in [-0.05, 0) is 6.07 Å². The smallest absolute Gasteiger partial charge is 0.337 e. The third kappa shape index (κ3) is 4.47. The molecule has 1 heterocycles. The van der Waals surface area contributed by atoms with E-state index in [1.54, 1.807) is 0 Å². The van der Waals surface area contributed by atoms with E-state index in [4.69, 9.17) is 16.7 Å². The summed E-state index contributed by atoms with van der Waals surface area (Å²) in [5.41, 5.74) is -0.0646. The maximum Gasteiger partial charge on any atom is 0.337 e. The summed E-state index contributed by atoms with van der Waals surface area (Å²) in [4.78, 5) is 14.7. The second kappa shape index (κ2) is 5.98.